The number of benzene rings is 1. The SMILES string of the molecule is CC(C)n1ncnc1C(O)(c1ccc(Cl)cc1)c1cccnc1. The van der Waals surface area contributed by atoms with Gasteiger partial charge >= 0.3 is 0 Å². The first-order valence-corrected chi connectivity index (χ1v) is 7.70. The van der Waals surface area contributed by atoms with Crippen LogP contribution in [0, 0.1) is 0 Å². The van der Waals surface area contributed by atoms with Crippen molar-refractivity contribution in [2.45, 2.75) is 25.5 Å². The van der Waals surface area contributed by atoms with Crippen LogP contribution in [0.15, 0.2) is 55.1 Å². The van der Waals surface area contributed by atoms with E-state index in [1.54, 1.807) is 47.4 Å². The van der Waals surface area contributed by atoms with E-state index in [1.165, 1.54) is 6.33 Å². The molecule has 0 aliphatic carbocycles. The van der Waals surface area contributed by atoms with E-state index in [1.807, 2.05) is 19.9 Å². The number of hydrogen-bond donors (Lipinski definition) is 1. The van der Waals surface area contributed by atoms with Crippen molar-refractivity contribution in [3.63, 3.8) is 0 Å². The summed E-state index contributed by atoms with van der Waals surface area (Å²) in [6.07, 6.45) is 4.75. The molecule has 2 heterocycles. The quantitative estimate of drug-likeness (QED) is 0.799. The van der Waals surface area contributed by atoms with Crippen LogP contribution in [-0.2, 0) is 5.60 Å². The smallest absolute Gasteiger partial charge is 0.176 e. The Balaban J connectivity index is 2.26. The van der Waals surface area contributed by atoms with Crippen LogP contribution in [0.1, 0.15) is 36.8 Å². The van der Waals surface area contributed by atoms with Crippen LogP contribution in [0.4, 0.5) is 0 Å². The molecule has 118 valence electrons. The first-order valence-electron chi connectivity index (χ1n) is 7.32. The lowest BCUT2D eigenvalue weighted by molar-refractivity contribution is 0.107. The molecule has 0 bridgehead atoms. The molecule has 0 fully saturated rings. The number of pyridine rings is 1. The third kappa shape index (κ3) is 2.73. The zero-order valence-electron chi connectivity index (χ0n) is 12.9. The van der Waals surface area contributed by atoms with Crippen molar-refractivity contribution >= 4 is 11.6 Å². The van der Waals surface area contributed by atoms with Gasteiger partial charge < -0.3 is 5.11 Å². The molecule has 6 heteroatoms. The average molecular weight is 329 g/mol. The zero-order valence-corrected chi connectivity index (χ0v) is 13.6. The van der Waals surface area contributed by atoms with Crippen LogP contribution in [-0.4, -0.2) is 24.9 Å². The highest BCUT2D eigenvalue weighted by molar-refractivity contribution is 6.30. The van der Waals surface area contributed by atoms with Gasteiger partial charge in [0, 0.05) is 29.0 Å². The maximum atomic E-state index is 11.6. The van der Waals surface area contributed by atoms with Crippen molar-refractivity contribution in [3.8, 4) is 0 Å². The highest BCUT2D eigenvalue weighted by Crippen LogP contribution is 2.36. The minimum atomic E-state index is -1.46. The standard InChI is InChI=1S/C17H17ClN4O/c1-12(2)22-16(20-11-21-22)17(23,14-4-3-9-19-10-14)13-5-7-15(18)8-6-13/h3-12,23H,1-2H3. The maximum absolute atomic E-state index is 11.6. The minimum absolute atomic E-state index is 0.0583. The largest absolute Gasteiger partial charge is 0.373 e. The Kier molecular flexibility index (Phi) is 4.15. The van der Waals surface area contributed by atoms with Crippen molar-refractivity contribution in [2.75, 3.05) is 0 Å². The lowest BCUT2D eigenvalue weighted by atomic mass is 9.86. The Hall–Kier alpha value is -2.24. The molecule has 1 unspecified atom stereocenters. The van der Waals surface area contributed by atoms with Gasteiger partial charge in [0.25, 0.3) is 0 Å². The van der Waals surface area contributed by atoms with Gasteiger partial charge in [-0.25, -0.2) is 9.67 Å². The summed E-state index contributed by atoms with van der Waals surface area (Å²) in [5, 5.41) is 16.5. The average Bonchev–Trinajstić information content (AvgIpc) is 3.06. The summed E-state index contributed by atoms with van der Waals surface area (Å²) in [7, 11) is 0. The second-order valence-corrected chi connectivity index (χ2v) is 6.02. The predicted molar refractivity (Wildman–Crippen MR) is 88.2 cm³/mol. The summed E-state index contributed by atoms with van der Waals surface area (Å²) in [6, 6.07) is 10.7. The summed E-state index contributed by atoms with van der Waals surface area (Å²) in [6.45, 7) is 3.98. The molecule has 5 nitrogen and oxygen atoms in total. The van der Waals surface area contributed by atoms with Gasteiger partial charge in [-0.2, -0.15) is 5.10 Å². The molecular weight excluding hydrogens is 312 g/mol. The van der Waals surface area contributed by atoms with Gasteiger partial charge in [-0.15, -0.1) is 0 Å². The first-order chi connectivity index (χ1) is 11.0. The fourth-order valence-corrected chi connectivity index (χ4v) is 2.71. The fraction of sp³-hybridized carbons (Fsp3) is 0.235. The van der Waals surface area contributed by atoms with E-state index < -0.39 is 5.60 Å². The van der Waals surface area contributed by atoms with Gasteiger partial charge in [0.05, 0.1) is 0 Å². The number of rotatable bonds is 4. The molecule has 23 heavy (non-hydrogen) atoms. The van der Waals surface area contributed by atoms with Crippen LogP contribution in [0.25, 0.3) is 0 Å². The van der Waals surface area contributed by atoms with E-state index in [9.17, 15) is 5.11 Å². The fourth-order valence-electron chi connectivity index (χ4n) is 2.58. The van der Waals surface area contributed by atoms with Gasteiger partial charge in [-0.05, 0) is 37.6 Å². The molecule has 1 atom stereocenters. The van der Waals surface area contributed by atoms with E-state index in [0.29, 0.717) is 22.0 Å². The molecule has 0 saturated heterocycles. The second-order valence-electron chi connectivity index (χ2n) is 5.58. The van der Waals surface area contributed by atoms with Crippen molar-refractivity contribution in [1.29, 1.82) is 0 Å². The third-order valence-electron chi connectivity index (χ3n) is 3.73. The van der Waals surface area contributed by atoms with Gasteiger partial charge in [0.1, 0.15) is 6.33 Å². The number of aromatic nitrogens is 4. The Labute approximate surface area is 139 Å². The van der Waals surface area contributed by atoms with E-state index >= 15 is 0 Å². The van der Waals surface area contributed by atoms with E-state index in [-0.39, 0.29) is 6.04 Å². The molecule has 3 rings (SSSR count). The molecule has 0 aliphatic heterocycles. The van der Waals surface area contributed by atoms with Crippen LogP contribution < -0.4 is 0 Å². The normalized spacial score (nSPS) is 14.0. The lowest BCUT2D eigenvalue weighted by Crippen LogP contribution is -2.33. The van der Waals surface area contributed by atoms with Crippen LogP contribution >= 0.6 is 11.6 Å². The van der Waals surface area contributed by atoms with Crippen LogP contribution in [0.3, 0.4) is 0 Å². The van der Waals surface area contributed by atoms with Crippen molar-refractivity contribution < 1.29 is 5.11 Å². The lowest BCUT2D eigenvalue weighted by Gasteiger charge is -2.29. The van der Waals surface area contributed by atoms with Crippen molar-refractivity contribution in [2.24, 2.45) is 0 Å². The van der Waals surface area contributed by atoms with Gasteiger partial charge in [0.2, 0.25) is 0 Å². The molecule has 0 aliphatic rings. The number of aliphatic hydroxyl groups is 1. The molecule has 0 spiro atoms. The van der Waals surface area contributed by atoms with Gasteiger partial charge in [-0.3, -0.25) is 4.98 Å². The number of halogens is 1. The van der Waals surface area contributed by atoms with Crippen LogP contribution in [0.2, 0.25) is 5.02 Å². The monoisotopic (exact) mass is 328 g/mol. The minimum Gasteiger partial charge on any atom is -0.373 e. The highest BCUT2D eigenvalue weighted by atomic mass is 35.5. The molecule has 1 N–H and O–H groups in total. The Bertz CT molecular complexity index is 786. The summed E-state index contributed by atoms with van der Waals surface area (Å²) in [5.41, 5.74) is -0.179. The summed E-state index contributed by atoms with van der Waals surface area (Å²) in [5.74, 6) is 0.447. The third-order valence-corrected chi connectivity index (χ3v) is 3.98. The Morgan fingerprint density at radius 3 is 2.48 bits per heavy atom. The second kappa shape index (κ2) is 6.10. The van der Waals surface area contributed by atoms with Gasteiger partial charge in [0.15, 0.2) is 11.4 Å². The molecular formula is C17H17ClN4O. The summed E-state index contributed by atoms with van der Waals surface area (Å²) in [4.78, 5) is 8.46. The summed E-state index contributed by atoms with van der Waals surface area (Å²) >= 11 is 5.99. The van der Waals surface area contributed by atoms with E-state index in [0.717, 1.165) is 0 Å². The molecule has 2 aromatic heterocycles. The molecule has 0 amide bonds. The number of nitrogens with zero attached hydrogens (tertiary/aromatic N) is 4. The molecule has 0 saturated carbocycles. The van der Waals surface area contributed by atoms with Gasteiger partial charge in [-0.1, -0.05) is 29.8 Å². The zero-order chi connectivity index (χ0) is 16.4. The molecule has 1 aromatic carbocycles. The van der Waals surface area contributed by atoms with Crippen molar-refractivity contribution in [1.82, 2.24) is 19.7 Å². The predicted octanol–water partition coefficient (Wildman–Crippen LogP) is 3.19. The van der Waals surface area contributed by atoms with Crippen molar-refractivity contribution in [3.05, 3.63) is 77.1 Å². The van der Waals surface area contributed by atoms with E-state index in [2.05, 4.69) is 15.1 Å². The van der Waals surface area contributed by atoms with E-state index in [4.69, 9.17) is 11.6 Å². The first kappa shape index (κ1) is 15.6. The van der Waals surface area contributed by atoms with Crippen LogP contribution in [0.5, 0.6) is 0 Å². The molecule has 3 aromatic rings. The number of hydrogen-bond acceptors (Lipinski definition) is 4. The Morgan fingerprint density at radius 2 is 1.87 bits per heavy atom. The summed E-state index contributed by atoms with van der Waals surface area (Å²) < 4.78 is 1.71. The maximum Gasteiger partial charge on any atom is 0.176 e. The molecule has 0 radical (unpaired) electrons. The highest BCUT2D eigenvalue weighted by Gasteiger charge is 2.39. The Morgan fingerprint density at radius 1 is 1.13 bits per heavy atom. The topological polar surface area (TPSA) is 63.8 Å².